The largest absolute Gasteiger partial charge is 0.392 e. The quantitative estimate of drug-likeness (QED) is 0.758. The van der Waals surface area contributed by atoms with E-state index in [9.17, 15) is 0 Å². The van der Waals surface area contributed by atoms with Gasteiger partial charge in [-0.2, -0.15) is 0 Å². The maximum Gasteiger partial charge on any atom is 0.194 e. The van der Waals surface area contributed by atoms with Crippen molar-refractivity contribution in [1.82, 2.24) is 14.7 Å². The molecule has 2 heterocycles. The van der Waals surface area contributed by atoms with Gasteiger partial charge in [0.05, 0.1) is 18.0 Å². The van der Waals surface area contributed by atoms with Crippen molar-refractivity contribution >= 4 is 16.3 Å². The van der Waals surface area contributed by atoms with Crippen LogP contribution in [0.2, 0.25) is 0 Å². The van der Waals surface area contributed by atoms with E-state index >= 15 is 0 Å². The fourth-order valence-corrected chi connectivity index (χ4v) is 3.02. The average molecular weight is 287 g/mol. The molecule has 0 saturated carbocycles. The van der Waals surface area contributed by atoms with Crippen LogP contribution in [0.3, 0.4) is 0 Å². The second-order valence-electron chi connectivity index (χ2n) is 4.78. The van der Waals surface area contributed by atoms with Crippen LogP contribution in [-0.2, 0) is 19.7 Å². The minimum atomic E-state index is 0.0961. The van der Waals surface area contributed by atoms with Gasteiger partial charge in [0.1, 0.15) is 0 Å². The highest BCUT2D eigenvalue weighted by Crippen LogP contribution is 2.16. The number of aliphatic hydroxyl groups excluding tert-OH is 1. The molecule has 0 fully saturated rings. The number of aryl methyl sites for hydroxylation is 1. The standard InChI is InChI=1S/C15H17N3OS/c1-11-14(18-6-7-20-15(18)17-11)9-16-8-12-2-4-13(10-19)5-3-12/h2-7,16,19H,8-10H2,1H3. The van der Waals surface area contributed by atoms with Gasteiger partial charge in [-0.15, -0.1) is 11.3 Å². The molecule has 2 N–H and O–H groups in total. The van der Waals surface area contributed by atoms with Crippen LogP contribution < -0.4 is 5.32 Å². The summed E-state index contributed by atoms with van der Waals surface area (Å²) in [5.41, 5.74) is 4.46. The molecule has 3 rings (SSSR count). The fourth-order valence-electron chi connectivity index (χ4n) is 2.24. The topological polar surface area (TPSA) is 49.6 Å². The summed E-state index contributed by atoms with van der Waals surface area (Å²) in [5.74, 6) is 0. The highest BCUT2D eigenvalue weighted by molar-refractivity contribution is 7.15. The van der Waals surface area contributed by atoms with E-state index in [1.165, 1.54) is 11.3 Å². The Kier molecular flexibility index (Phi) is 3.82. The van der Waals surface area contributed by atoms with Crippen LogP contribution in [0.5, 0.6) is 0 Å². The number of thiazole rings is 1. The number of benzene rings is 1. The molecule has 2 aromatic heterocycles. The number of rotatable bonds is 5. The number of nitrogens with zero attached hydrogens (tertiary/aromatic N) is 2. The molecule has 104 valence electrons. The summed E-state index contributed by atoms with van der Waals surface area (Å²) in [6.07, 6.45) is 2.06. The van der Waals surface area contributed by atoms with Crippen LogP contribution in [0.1, 0.15) is 22.5 Å². The maximum atomic E-state index is 9.02. The lowest BCUT2D eigenvalue weighted by molar-refractivity contribution is 0.282. The fraction of sp³-hybridized carbons (Fsp3) is 0.267. The molecule has 0 aliphatic carbocycles. The second kappa shape index (κ2) is 5.75. The third-order valence-corrected chi connectivity index (χ3v) is 4.14. The zero-order valence-electron chi connectivity index (χ0n) is 11.3. The minimum Gasteiger partial charge on any atom is -0.392 e. The first-order chi connectivity index (χ1) is 9.78. The molecule has 0 atom stereocenters. The molecule has 4 nitrogen and oxygen atoms in total. The number of imidazole rings is 1. The Labute approximate surface area is 121 Å². The van der Waals surface area contributed by atoms with Gasteiger partial charge < -0.3 is 10.4 Å². The van der Waals surface area contributed by atoms with Gasteiger partial charge in [0, 0.05) is 24.7 Å². The van der Waals surface area contributed by atoms with Crippen LogP contribution in [-0.4, -0.2) is 14.5 Å². The molecule has 0 amide bonds. The summed E-state index contributed by atoms with van der Waals surface area (Å²) < 4.78 is 2.14. The van der Waals surface area contributed by atoms with Gasteiger partial charge in [-0.1, -0.05) is 24.3 Å². The smallest absolute Gasteiger partial charge is 0.194 e. The van der Waals surface area contributed by atoms with Crippen LogP contribution in [0.25, 0.3) is 4.96 Å². The monoisotopic (exact) mass is 287 g/mol. The third kappa shape index (κ3) is 2.60. The molecule has 3 aromatic rings. The molecular weight excluding hydrogens is 270 g/mol. The molecule has 5 heteroatoms. The third-order valence-electron chi connectivity index (χ3n) is 3.39. The molecular formula is C15H17N3OS. The summed E-state index contributed by atoms with van der Waals surface area (Å²) >= 11 is 1.66. The van der Waals surface area contributed by atoms with Gasteiger partial charge >= 0.3 is 0 Å². The van der Waals surface area contributed by atoms with Crippen molar-refractivity contribution in [2.24, 2.45) is 0 Å². The Bertz CT molecular complexity index is 700. The Hall–Kier alpha value is -1.69. The van der Waals surface area contributed by atoms with Crippen molar-refractivity contribution in [2.75, 3.05) is 0 Å². The number of nitrogens with one attached hydrogen (secondary N) is 1. The van der Waals surface area contributed by atoms with Crippen LogP contribution >= 0.6 is 11.3 Å². The molecule has 0 aliphatic heterocycles. The molecule has 0 aliphatic rings. The number of aromatic nitrogens is 2. The first-order valence-electron chi connectivity index (χ1n) is 6.58. The summed E-state index contributed by atoms with van der Waals surface area (Å²) in [7, 11) is 0. The van der Waals surface area contributed by atoms with Crippen molar-refractivity contribution in [2.45, 2.75) is 26.6 Å². The van der Waals surface area contributed by atoms with E-state index in [0.29, 0.717) is 0 Å². The van der Waals surface area contributed by atoms with E-state index in [1.807, 2.05) is 31.2 Å². The van der Waals surface area contributed by atoms with Crippen molar-refractivity contribution < 1.29 is 5.11 Å². The summed E-state index contributed by atoms with van der Waals surface area (Å²) in [4.78, 5) is 5.58. The summed E-state index contributed by atoms with van der Waals surface area (Å²) in [6.45, 7) is 3.75. The predicted molar refractivity (Wildman–Crippen MR) is 80.7 cm³/mol. The normalized spacial score (nSPS) is 11.3. The van der Waals surface area contributed by atoms with Gasteiger partial charge in [-0.3, -0.25) is 4.40 Å². The van der Waals surface area contributed by atoms with Crippen molar-refractivity contribution in [1.29, 1.82) is 0 Å². The van der Waals surface area contributed by atoms with Crippen LogP contribution in [0.4, 0.5) is 0 Å². The number of aliphatic hydroxyl groups is 1. The lowest BCUT2D eigenvalue weighted by Gasteiger charge is -2.06. The van der Waals surface area contributed by atoms with Crippen LogP contribution in [0, 0.1) is 6.92 Å². The lowest BCUT2D eigenvalue weighted by Crippen LogP contribution is -2.14. The van der Waals surface area contributed by atoms with E-state index in [0.717, 1.165) is 29.3 Å². The van der Waals surface area contributed by atoms with E-state index in [2.05, 4.69) is 26.3 Å². The SMILES string of the molecule is Cc1nc2sccn2c1CNCc1ccc(CO)cc1. The summed E-state index contributed by atoms with van der Waals surface area (Å²) in [5, 5.41) is 14.5. The number of hydrogen-bond donors (Lipinski definition) is 2. The lowest BCUT2D eigenvalue weighted by atomic mass is 10.1. The first kappa shape index (κ1) is 13.3. The van der Waals surface area contributed by atoms with Crippen molar-refractivity contribution in [3.63, 3.8) is 0 Å². The van der Waals surface area contributed by atoms with Crippen molar-refractivity contribution in [3.05, 3.63) is 58.4 Å². The molecule has 1 aromatic carbocycles. The zero-order valence-corrected chi connectivity index (χ0v) is 12.2. The summed E-state index contributed by atoms with van der Waals surface area (Å²) in [6, 6.07) is 8.00. The molecule has 20 heavy (non-hydrogen) atoms. The molecule has 0 bridgehead atoms. The van der Waals surface area contributed by atoms with E-state index < -0.39 is 0 Å². The van der Waals surface area contributed by atoms with Gasteiger partial charge in [-0.25, -0.2) is 4.98 Å². The van der Waals surface area contributed by atoms with Gasteiger partial charge in [-0.05, 0) is 18.1 Å². The Balaban J connectivity index is 1.64. The highest BCUT2D eigenvalue weighted by Gasteiger charge is 2.08. The Morgan fingerprint density at radius 2 is 1.95 bits per heavy atom. The highest BCUT2D eigenvalue weighted by atomic mass is 32.1. The average Bonchev–Trinajstić information content (AvgIpc) is 3.02. The minimum absolute atomic E-state index is 0.0961. The molecule has 0 saturated heterocycles. The zero-order chi connectivity index (χ0) is 13.9. The van der Waals surface area contributed by atoms with E-state index in [-0.39, 0.29) is 6.61 Å². The van der Waals surface area contributed by atoms with Gasteiger partial charge in [0.15, 0.2) is 4.96 Å². The van der Waals surface area contributed by atoms with Crippen LogP contribution in [0.15, 0.2) is 35.8 Å². The molecule has 0 unspecified atom stereocenters. The number of hydrogen-bond acceptors (Lipinski definition) is 4. The predicted octanol–water partition coefficient (Wildman–Crippen LogP) is 2.49. The number of fused-ring (bicyclic) bond motifs is 1. The van der Waals surface area contributed by atoms with Gasteiger partial charge in [0.2, 0.25) is 0 Å². The Morgan fingerprint density at radius 1 is 1.20 bits per heavy atom. The maximum absolute atomic E-state index is 9.02. The molecule has 0 radical (unpaired) electrons. The van der Waals surface area contributed by atoms with E-state index in [4.69, 9.17) is 5.11 Å². The van der Waals surface area contributed by atoms with Gasteiger partial charge in [0.25, 0.3) is 0 Å². The van der Waals surface area contributed by atoms with E-state index in [1.54, 1.807) is 11.3 Å². The van der Waals surface area contributed by atoms with Crippen molar-refractivity contribution in [3.8, 4) is 0 Å². The second-order valence-corrected chi connectivity index (χ2v) is 5.65. The molecule has 0 spiro atoms. The first-order valence-corrected chi connectivity index (χ1v) is 7.46. The Morgan fingerprint density at radius 3 is 2.70 bits per heavy atom.